The van der Waals surface area contributed by atoms with Crippen molar-refractivity contribution in [3.63, 3.8) is 0 Å². The number of rotatable bonds is 0. The Bertz CT molecular complexity index is 238. The highest BCUT2D eigenvalue weighted by molar-refractivity contribution is 5.63. The molecule has 0 rings (SSSR count). The Morgan fingerprint density at radius 3 is 0.440 bits per heavy atom. The van der Waals surface area contributed by atoms with Crippen LogP contribution in [0, 0.1) is 0 Å². The van der Waals surface area contributed by atoms with Gasteiger partial charge in [-0.25, -0.2) is 0 Å². The summed E-state index contributed by atoms with van der Waals surface area (Å²) in [5, 5.41) is 37.1. The van der Waals surface area contributed by atoms with Gasteiger partial charge in [0.25, 0.3) is 29.8 Å². The van der Waals surface area contributed by atoms with E-state index in [1.807, 2.05) is 0 Å². The molecular formula is C14H31NO10. The van der Waals surface area contributed by atoms with Gasteiger partial charge in [0.15, 0.2) is 0 Å². The summed E-state index contributed by atoms with van der Waals surface area (Å²) in [7, 11) is 0. The maximum atomic E-state index is 9.00. The fraction of sp³-hybridized carbons (Fsp3) is 0.357. The van der Waals surface area contributed by atoms with Crippen LogP contribution in [0.5, 0.6) is 0 Å². The Morgan fingerprint density at radius 2 is 0.440 bits per heavy atom. The first-order valence-corrected chi connectivity index (χ1v) is 5.64. The molecule has 25 heavy (non-hydrogen) atoms. The molecule has 11 nitrogen and oxygen atoms in total. The summed E-state index contributed by atoms with van der Waals surface area (Å²) >= 11 is 0. The number of hydrogen-bond acceptors (Lipinski definition) is 6. The lowest BCUT2D eigenvalue weighted by Gasteiger charge is -1.59. The van der Waals surface area contributed by atoms with Gasteiger partial charge < -0.3 is 31.7 Å². The third kappa shape index (κ3) is 712. The van der Waals surface area contributed by atoms with E-state index in [4.69, 9.17) is 49.5 Å². The number of carboxylic acids is 5. The predicted octanol–water partition coefficient (Wildman–Crippen LogP) is 2.22. The average Bonchev–Trinajstić information content (AvgIpc) is 2.29. The summed E-state index contributed by atoms with van der Waals surface area (Å²) in [5.74, 6) is -4.17. The number of hydrogen-bond donors (Lipinski definition) is 6. The molecule has 0 atom stereocenters. The van der Waals surface area contributed by atoms with E-state index in [1.165, 1.54) is 0 Å². The first-order valence-electron chi connectivity index (χ1n) is 5.64. The monoisotopic (exact) mass is 373 g/mol. The molecule has 0 spiro atoms. The molecule has 0 amide bonds. The quantitative estimate of drug-likeness (QED) is 0.337. The van der Waals surface area contributed by atoms with Crippen LogP contribution >= 0.6 is 0 Å². The Kier molecular flexibility index (Phi) is 116. The minimum absolute atomic E-state index is 0. The topological polar surface area (TPSA) is 221 Å². The van der Waals surface area contributed by atoms with Gasteiger partial charge in [0.05, 0.1) is 0 Å². The molecule has 0 fully saturated rings. The van der Waals surface area contributed by atoms with E-state index in [0.717, 1.165) is 34.6 Å². The summed E-state index contributed by atoms with van der Waals surface area (Å²) in [6.07, 6.45) is 0. The van der Waals surface area contributed by atoms with Crippen LogP contribution in [0.15, 0.2) is 26.3 Å². The Balaban J connectivity index is -0.0000000227. The molecule has 0 aliphatic rings. The highest BCUT2D eigenvalue weighted by Crippen LogP contribution is 1.43. The van der Waals surface area contributed by atoms with Crippen LogP contribution in [0.3, 0.4) is 0 Å². The zero-order valence-electron chi connectivity index (χ0n) is 15.3. The lowest BCUT2D eigenvalue weighted by molar-refractivity contribution is -0.135. The smallest absolute Gasteiger partial charge is 0.300 e. The molecule has 0 aromatic rings. The molecule has 0 heterocycles. The van der Waals surface area contributed by atoms with Gasteiger partial charge in [-0.1, -0.05) is 0 Å². The van der Waals surface area contributed by atoms with Crippen LogP contribution < -0.4 is 6.15 Å². The molecule has 0 radical (unpaired) electrons. The molecule has 11 heteroatoms. The third-order valence-corrected chi connectivity index (χ3v) is 0. The molecule has 0 aromatic carbocycles. The van der Waals surface area contributed by atoms with Crippen molar-refractivity contribution >= 4 is 29.8 Å². The van der Waals surface area contributed by atoms with E-state index in [2.05, 4.69) is 26.3 Å². The molecule has 0 unspecified atom stereocenters. The molecule has 0 saturated carbocycles. The SMILES string of the molecule is C=C.C=C.CC(=O)O.CC(=O)O.CC(=O)O.CC(=O)O.CC(=O)O.N. The highest BCUT2D eigenvalue weighted by atomic mass is 16.4. The minimum atomic E-state index is -0.833. The standard InChI is InChI=1S/5C2H4O2.2C2H4.H3N/c5*1-2(3)4;2*1-2;/h5*1H3,(H,3,4);2*1-2H2;1H3. The van der Waals surface area contributed by atoms with E-state index < -0.39 is 29.8 Å². The summed E-state index contributed by atoms with van der Waals surface area (Å²) in [4.78, 5) is 45.0. The molecule has 152 valence electrons. The fourth-order valence-electron chi connectivity index (χ4n) is 0. The zero-order valence-corrected chi connectivity index (χ0v) is 15.3. The second kappa shape index (κ2) is 58.6. The zero-order chi connectivity index (χ0) is 21.9. The largest absolute Gasteiger partial charge is 0.481 e. The molecule has 0 aliphatic heterocycles. The molecule has 0 saturated heterocycles. The summed E-state index contributed by atoms with van der Waals surface area (Å²) in [6, 6.07) is 0. The lowest BCUT2D eigenvalue weighted by atomic mass is 10.9. The van der Waals surface area contributed by atoms with Crippen molar-refractivity contribution in [2.45, 2.75) is 34.6 Å². The van der Waals surface area contributed by atoms with E-state index in [1.54, 1.807) is 0 Å². The average molecular weight is 373 g/mol. The van der Waals surface area contributed by atoms with Gasteiger partial charge in [0.2, 0.25) is 0 Å². The van der Waals surface area contributed by atoms with Gasteiger partial charge in [0, 0.05) is 34.6 Å². The van der Waals surface area contributed by atoms with Crippen molar-refractivity contribution in [2.24, 2.45) is 0 Å². The van der Waals surface area contributed by atoms with Crippen molar-refractivity contribution < 1.29 is 49.5 Å². The number of carbonyl (C=O) groups is 5. The van der Waals surface area contributed by atoms with E-state index in [9.17, 15) is 0 Å². The van der Waals surface area contributed by atoms with E-state index >= 15 is 0 Å². The molecular weight excluding hydrogens is 342 g/mol. The molecule has 0 aromatic heterocycles. The molecule has 0 aliphatic carbocycles. The van der Waals surface area contributed by atoms with Crippen molar-refractivity contribution in [1.29, 1.82) is 0 Å². The van der Waals surface area contributed by atoms with Gasteiger partial charge in [-0.05, 0) is 0 Å². The van der Waals surface area contributed by atoms with Crippen molar-refractivity contribution in [3.8, 4) is 0 Å². The van der Waals surface area contributed by atoms with Crippen molar-refractivity contribution in [3.05, 3.63) is 26.3 Å². The minimum Gasteiger partial charge on any atom is -0.481 e. The first-order chi connectivity index (χ1) is 10.7. The maximum Gasteiger partial charge on any atom is 0.300 e. The molecule has 8 N–H and O–H groups in total. The fourth-order valence-corrected chi connectivity index (χ4v) is 0. The third-order valence-electron chi connectivity index (χ3n) is 0. The van der Waals surface area contributed by atoms with Gasteiger partial charge in [-0.2, -0.15) is 0 Å². The van der Waals surface area contributed by atoms with Gasteiger partial charge in [-0.15, -0.1) is 26.3 Å². The van der Waals surface area contributed by atoms with Gasteiger partial charge in [-0.3, -0.25) is 24.0 Å². The first kappa shape index (κ1) is 49.5. The summed E-state index contributed by atoms with van der Waals surface area (Å²) < 4.78 is 0. The normalized spacial score (nSPS) is 5.32. The van der Waals surface area contributed by atoms with Crippen LogP contribution in [-0.4, -0.2) is 55.4 Å². The summed E-state index contributed by atoms with van der Waals surface area (Å²) in [6.45, 7) is 17.4. The Labute approximate surface area is 147 Å². The van der Waals surface area contributed by atoms with Gasteiger partial charge >= 0.3 is 0 Å². The number of aliphatic carboxylic acids is 5. The number of carboxylic acid groups (broad SMARTS) is 5. The van der Waals surface area contributed by atoms with Gasteiger partial charge in [0.1, 0.15) is 0 Å². The second-order valence-electron chi connectivity index (χ2n) is 2.60. The Morgan fingerprint density at radius 1 is 0.440 bits per heavy atom. The Hall–Kier alpha value is -3.21. The maximum absolute atomic E-state index is 9.00. The van der Waals surface area contributed by atoms with Crippen LogP contribution in [0.1, 0.15) is 34.6 Å². The van der Waals surface area contributed by atoms with E-state index in [0.29, 0.717) is 0 Å². The molecule has 0 bridgehead atoms. The van der Waals surface area contributed by atoms with E-state index in [-0.39, 0.29) is 6.15 Å². The van der Waals surface area contributed by atoms with Crippen LogP contribution in [0.2, 0.25) is 0 Å². The van der Waals surface area contributed by atoms with Crippen molar-refractivity contribution in [2.75, 3.05) is 0 Å². The van der Waals surface area contributed by atoms with Crippen molar-refractivity contribution in [1.82, 2.24) is 6.15 Å². The summed E-state index contributed by atoms with van der Waals surface area (Å²) in [5.41, 5.74) is 0. The second-order valence-corrected chi connectivity index (χ2v) is 2.60. The lowest BCUT2D eigenvalue weighted by Crippen LogP contribution is -1.78. The van der Waals surface area contributed by atoms with Crippen LogP contribution in [0.25, 0.3) is 0 Å². The highest BCUT2D eigenvalue weighted by Gasteiger charge is 1.66. The van der Waals surface area contributed by atoms with Crippen LogP contribution in [-0.2, 0) is 24.0 Å². The predicted molar refractivity (Wildman–Crippen MR) is 94.1 cm³/mol. The van der Waals surface area contributed by atoms with Crippen LogP contribution in [0.4, 0.5) is 0 Å².